The number of aromatic nitrogens is 1. The summed E-state index contributed by atoms with van der Waals surface area (Å²) in [6.45, 7) is 1.24. The smallest absolute Gasteiger partial charge is 0.271 e. The van der Waals surface area contributed by atoms with E-state index < -0.39 is 0 Å². The minimum absolute atomic E-state index is 0.129. The average molecular weight is 276 g/mol. The molecule has 1 N–H and O–H groups in total. The van der Waals surface area contributed by atoms with Crippen LogP contribution in [0.3, 0.4) is 0 Å². The van der Waals surface area contributed by atoms with E-state index in [4.69, 9.17) is 4.74 Å². The van der Waals surface area contributed by atoms with Gasteiger partial charge in [0.2, 0.25) is 0 Å². The van der Waals surface area contributed by atoms with Crippen molar-refractivity contribution >= 4 is 17.2 Å². The second-order valence-electron chi connectivity index (χ2n) is 4.00. The van der Waals surface area contributed by atoms with Crippen molar-refractivity contribution in [2.45, 2.75) is 6.42 Å². The van der Waals surface area contributed by atoms with Crippen LogP contribution < -0.4 is 5.32 Å². The lowest BCUT2D eigenvalue weighted by Crippen LogP contribution is -2.25. The number of hydrogen-bond donors (Lipinski definition) is 1. The predicted molar refractivity (Wildman–Crippen MR) is 76.4 cm³/mol. The molecule has 19 heavy (non-hydrogen) atoms. The van der Waals surface area contributed by atoms with Crippen LogP contribution in [0.25, 0.3) is 10.4 Å². The summed E-state index contributed by atoms with van der Waals surface area (Å²) in [5.41, 5.74) is 3.22. The number of amides is 1. The second kappa shape index (κ2) is 7.01. The number of hydrogen-bond acceptors (Lipinski definition) is 4. The van der Waals surface area contributed by atoms with E-state index in [1.807, 2.05) is 30.3 Å². The van der Waals surface area contributed by atoms with Crippen LogP contribution in [-0.2, 0) is 4.74 Å². The first-order chi connectivity index (χ1) is 9.33. The molecule has 0 radical (unpaired) electrons. The van der Waals surface area contributed by atoms with Crippen LogP contribution in [-0.4, -0.2) is 31.2 Å². The minimum Gasteiger partial charge on any atom is -0.385 e. The molecule has 0 spiro atoms. The van der Waals surface area contributed by atoms with Crippen LogP contribution in [0.15, 0.2) is 35.8 Å². The highest BCUT2D eigenvalue weighted by molar-refractivity contribution is 7.13. The Morgan fingerprint density at radius 1 is 1.37 bits per heavy atom. The maximum Gasteiger partial charge on any atom is 0.271 e. The predicted octanol–water partition coefficient (Wildman–Crippen LogP) is 2.58. The van der Waals surface area contributed by atoms with Gasteiger partial charge in [-0.3, -0.25) is 4.79 Å². The van der Waals surface area contributed by atoms with Gasteiger partial charge in [0.1, 0.15) is 5.69 Å². The van der Waals surface area contributed by atoms with Gasteiger partial charge in [0.05, 0.1) is 10.4 Å². The van der Waals surface area contributed by atoms with Gasteiger partial charge in [0.15, 0.2) is 0 Å². The maximum absolute atomic E-state index is 12.1. The SMILES string of the molecule is COCCCNC(=O)c1ncsc1-c1ccccc1. The van der Waals surface area contributed by atoms with E-state index in [-0.39, 0.29) is 5.91 Å². The number of ether oxygens (including phenoxy) is 1. The van der Waals surface area contributed by atoms with Gasteiger partial charge in [-0.15, -0.1) is 11.3 Å². The quantitative estimate of drug-likeness (QED) is 0.825. The first-order valence-corrected chi connectivity index (χ1v) is 6.97. The summed E-state index contributed by atoms with van der Waals surface area (Å²) in [6.07, 6.45) is 0.799. The molecule has 1 aromatic carbocycles. The van der Waals surface area contributed by atoms with Crippen molar-refractivity contribution in [3.8, 4) is 10.4 Å². The summed E-state index contributed by atoms with van der Waals surface area (Å²) in [7, 11) is 1.65. The van der Waals surface area contributed by atoms with Crippen molar-refractivity contribution in [3.05, 3.63) is 41.5 Å². The van der Waals surface area contributed by atoms with Gasteiger partial charge in [0.25, 0.3) is 5.91 Å². The molecule has 0 saturated heterocycles. The lowest BCUT2D eigenvalue weighted by molar-refractivity contribution is 0.0945. The summed E-state index contributed by atoms with van der Waals surface area (Å²) in [4.78, 5) is 17.1. The maximum atomic E-state index is 12.1. The van der Waals surface area contributed by atoms with Crippen LogP contribution in [0.5, 0.6) is 0 Å². The minimum atomic E-state index is -0.129. The van der Waals surface area contributed by atoms with Crippen LogP contribution in [0.4, 0.5) is 0 Å². The van der Waals surface area contributed by atoms with Crippen LogP contribution in [0.2, 0.25) is 0 Å². The molecule has 2 rings (SSSR count). The number of carbonyl (C=O) groups is 1. The monoisotopic (exact) mass is 276 g/mol. The topological polar surface area (TPSA) is 51.2 Å². The van der Waals surface area contributed by atoms with E-state index in [2.05, 4.69) is 10.3 Å². The van der Waals surface area contributed by atoms with Gasteiger partial charge in [0, 0.05) is 20.3 Å². The molecular weight excluding hydrogens is 260 g/mol. The van der Waals surface area contributed by atoms with E-state index in [1.54, 1.807) is 12.6 Å². The Hall–Kier alpha value is -1.72. The fraction of sp³-hybridized carbons (Fsp3) is 0.286. The van der Waals surface area contributed by atoms with E-state index in [1.165, 1.54) is 11.3 Å². The molecule has 0 fully saturated rings. The molecular formula is C14H16N2O2S. The molecule has 0 unspecified atom stereocenters. The van der Waals surface area contributed by atoms with Crippen molar-refractivity contribution in [1.82, 2.24) is 10.3 Å². The number of nitrogens with zero attached hydrogens (tertiary/aromatic N) is 1. The molecule has 0 bridgehead atoms. The van der Waals surface area contributed by atoms with Crippen LogP contribution in [0, 0.1) is 0 Å². The van der Waals surface area contributed by atoms with Crippen molar-refractivity contribution in [2.75, 3.05) is 20.3 Å². The van der Waals surface area contributed by atoms with Crippen molar-refractivity contribution in [3.63, 3.8) is 0 Å². The number of carbonyl (C=O) groups excluding carboxylic acids is 1. The molecule has 100 valence electrons. The molecule has 0 aliphatic rings. The summed E-state index contributed by atoms with van der Waals surface area (Å²) in [5, 5.41) is 2.86. The largest absolute Gasteiger partial charge is 0.385 e. The van der Waals surface area contributed by atoms with E-state index in [9.17, 15) is 4.79 Å². The molecule has 0 aliphatic heterocycles. The third kappa shape index (κ3) is 3.62. The molecule has 0 saturated carbocycles. The molecule has 0 aliphatic carbocycles. The molecule has 4 nitrogen and oxygen atoms in total. The Labute approximate surface area is 116 Å². The fourth-order valence-electron chi connectivity index (χ4n) is 1.70. The summed E-state index contributed by atoms with van der Waals surface area (Å²) in [5.74, 6) is -0.129. The Kier molecular flexibility index (Phi) is 5.06. The number of nitrogens with one attached hydrogen (secondary N) is 1. The number of benzene rings is 1. The van der Waals surface area contributed by atoms with Crippen LogP contribution in [0.1, 0.15) is 16.9 Å². The van der Waals surface area contributed by atoms with E-state index in [0.717, 1.165) is 16.9 Å². The molecule has 0 atom stereocenters. The Morgan fingerprint density at radius 3 is 2.89 bits per heavy atom. The van der Waals surface area contributed by atoms with E-state index in [0.29, 0.717) is 18.8 Å². The molecule has 2 aromatic rings. The molecule has 1 heterocycles. The zero-order valence-electron chi connectivity index (χ0n) is 10.8. The van der Waals surface area contributed by atoms with Gasteiger partial charge >= 0.3 is 0 Å². The van der Waals surface area contributed by atoms with Crippen molar-refractivity contribution in [1.29, 1.82) is 0 Å². The standard InChI is InChI=1S/C14H16N2O2S/c1-18-9-5-8-15-14(17)12-13(19-10-16-12)11-6-3-2-4-7-11/h2-4,6-7,10H,5,8-9H2,1H3,(H,15,17). The first-order valence-electron chi connectivity index (χ1n) is 6.09. The highest BCUT2D eigenvalue weighted by Gasteiger charge is 2.15. The van der Waals surface area contributed by atoms with Gasteiger partial charge in [-0.25, -0.2) is 4.98 Å². The highest BCUT2D eigenvalue weighted by Crippen LogP contribution is 2.27. The average Bonchev–Trinajstić information content (AvgIpc) is 2.94. The van der Waals surface area contributed by atoms with Crippen LogP contribution >= 0.6 is 11.3 Å². The summed E-state index contributed by atoms with van der Waals surface area (Å²) in [6, 6.07) is 9.82. The van der Waals surface area contributed by atoms with Gasteiger partial charge in [-0.2, -0.15) is 0 Å². The summed E-state index contributed by atoms with van der Waals surface area (Å²) >= 11 is 1.48. The third-order valence-electron chi connectivity index (χ3n) is 2.63. The Morgan fingerprint density at radius 2 is 2.16 bits per heavy atom. The lowest BCUT2D eigenvalue weighted by Gasteiger charge is -2.05. The number of rotatable bonds is 6. The van der Waals surface area contributed by atoms with Gasteiger partial charge < -0.3 is 10.1 Å². The molecule has 5 heteroatoms. The number of thiazole rings is 1. The first kappa shape index (κ1) is 13.7. The van der Waals surface area contributed by atoms with Gasteiger partial charge in [-0.1, -0.05) is 30.3 Å². The molecule has 1 amide bonds. The summed E-state index contributed by atoms with van der Waals surface area (Å²) < 4.78 is 4.94. The second-order valence-corrected chi connectivity index (χ2v) is 4.85. The number of methoxy groups -OCH3 is 1. The van der Waals surface area contributed by atoms with Crippen molar-refractivity contribution < 1.29 is 9.53 Å². The third-order valence-corrected chi connectivity index (χ3v) is 3.50. The fourth-order valence-corrected chi connectivity index (χ4v) is 2.50. The lowest BCUT2D eigenvalue weighted by atomic mass is 10.1. The zero-order valence-corrected chi connectivity index (χ0v) is 11.6. The highest BCUT2D eigenvalue weighted by atomic mass is 32.1. The zero-order chi connectivity index (χ0) is 13.5. The Bertz CT molecular complexity index is 525. The van der Waals surface area contributed by atoms with E-state index >= 15 is 0 Å². The normalized spacial score (nSPS) is 10.4. The van der Waals surface area contributed by atoms with Crippen molar-refractivity contribution in [2.24, 2.45) is 0 Å². The Balaban J connectivity index is 2.05. The molecule has 1 aromatic heterocycles. The van der Waals surface area contributed by atoms with Gasteiger partial charge in [-0.05, 0) is 12.0 Å².